The highest BCUT2D eigenvalue weighted by Crippen LogP contribution is 2.28. The monoisotopic (exact) mass is 383 g/mol. The lowest BCUT2D eigenvalue weighted by Crippen LogP contribution is -2.48. The van der Waals surface area contributed by atoms with Crippen molar-refractivity contribution in [3.05, 3.63) is 53.0 Å². The Bertz CT molecular complexity index is 938. The molecule has 1 amide bonds. The number of aromatic nitrogens is 1. The van der Waals surface area contributed by atoms with Crippen LogP contribution < -0.4 is 4.74 Å². The fraction of sp³-hybridized carbons (Fsp3) is 0.381. The lowest BCUT2D eigenvalue weighted by molar-refractivity contribution is 0.0634. The van der Waals surface area contributed by atoms with Crippen LogP contribution in [0.25, 0.3) is 10.2 Å². The van der Waals surface area contributed by atoms with Gasteiger partial charge in [0, 0.05) is 38.1 Å². The minimum Gasteiger partial charge on any atom is -0.497 e. The van der Waals surface area contributed by atoms with Crippen LogP contribution in [0.1, 0.15) is 23.0 Å². The van der Waals surface area contributed by atoms with Gasteiger partial charge in [0.2, 0.25) is 0 Å². The third-order valence-electron chi connectivity index (χ3n) is 5.30. The summed E-state index contributed by atoms with van der Waals surface area (Å²) in [5, 5.41) is 3.22. The van der Waals surface area contributed by atoms with Crippen molar-refractivity contribution < 1.29 is 9.53 Å². The fourth-order valence-electron chi connectivity index (χ4n) is 3.69. The zero-order chi connectivity index (χ0) is 18.8. The Balaban J connectivity index is 1.64. The highest BCUT2D eigenvalue weighted by molar-refractivity contribution is 7.16. The smallest absolute Gasteiger partial charge is 0.270 e. The number of nitrogens with zero attached hydrogens (tertiary/aromatic N) is 3. The molecule has 2 aromatic heterocycles. The topological polar surface area (TPSA) is 37.7 Å². The number of piperazine rings is 1. The maximum Gasteiger partial charge on any atom is 0.270 e. The number of carbonyl (C=O) groups is 1. The van der Waals surface area contributed by atoms with Gasteiger partial charge in [0.1, 0.15) is 16.3 Å². The second-order valence-corrected chi connectivity index (χ2v) is 7.77. The molecule has 3 heterocycles. The Morgan fingerprint density at radius 1 is 1.15 bits per heavy atom. The Hall–Kier alpha value is -2.31. The molecule has 1 aliphatic heterocycles. The molecule has 0 radical (unpaired) electrons. The lowest BCUT2D eigenvalue weighted by atomic mass is 10.2. The first-order valence-electron chi connectivity index (χ1n) is 9.41. The molecule has 1 aliphatic rings. The first-order chi connectivity index (χ1) is 13.2. The van der Waals surface area contributed by atoms with E-state index in [-0.39, 0.29) is 5.91 Å². The number of hydrogen-bond donors (Lipinski definition) is 0. The number of carbonyl (C=O) groups excluding carboxylic acids is 1. The Morgan fingerprint density at radius 2 is 1.96 bits per heavy atom. The number of hydrogen-bond acceptors (Lipinski definition) is 4. The quantitative estimate of drug-likeness (QED) is 0.676. The molecule has 1 aromatic carbocycles. The van der Waals surface area contributed by atoms with Gasteiger partial charge in [0.15, 0.2) is 0 Å². The van der Waals surface area contributed by atoms with Crippen molar-refractivity contribution >= 4 is 27.5 Å². The summed E-state index contributed by atoms with van der Waals surface area (Å²) in [7, 11) is 1.68. The van der Waals surface area contributed by atoms with Crippen LogP contribution in [0.2, 0.25) is 0 Å². The number of amides is 1. The van der Waals surface area contributed by atoms with Crippen molar-refractivity contribution in [2.75, 3.05) is 39.8 Å². The molecule has 142 valence electrons. The van der Waals surface area contributed by atoms with Crippen molar-refractivity contribution in [2.24, 2.45) is 0 Å². The standard InChI is InChI=1S/C21H25N3O2S/c1-3-22-8-10-23(11-9-22)20(25)19-14-17-7-12-27-21(17)24(19)15-16-5-4-6-18(13-16)26-2/h4-7,12-14H,3,8-11,15H2,1-2H3. The number of benzene rings is 1. The van der Waals surface area contributed by atoms with Crippen molar-refractivity contribution in [2.45, 2.75) is 13.5 Å². The van der Waals surface area contributed by atoms with Crippen LogP contribution in [-0.4, -0.2) is 60.1 Å². The SMILES string of the molecule is CCN1CCN(C(=O)c2cc3ccsc3n2Cc2cccc(OC)c2)CC1. The van der Waals surface area contributed by atoms with Crippen LogP contribution >= 0.6 is 11.3 Å². The molecule has 0 N–H and O–H groups in total. The van der Waals surface area contributed by atoms with Gasteiger partial charge in [-0.2, -0.15) is 0 Å². The molecular weight excluding hydrogens is 358 g/mol. The van der Waals surface area contributed by atoms with Crippen molar-refractivity contribution in [3.63, 3.8) is 0 Å². The highest BCUT2D eigenvalue weighted by Gasteiger charge is 2.25. The summed E-state index contributed by atoms with van der Waals surface area (Å²) in [6.45, 7) is 7.38. The Morgan fingerprint density at radius 3 is 2.70 bits per heavy atom. The van der Waals surface area contributed by atoms with E-state index in [0.29, 0.717) is 6.54 Å². The minimum absolute atomic E-state index is 0.136. The van der Waals surface area contributed by atoms with Crippen LogP contribution in [-0.2, 0) is 6.54 Å². The van der Waals surface area contributed by atoms with Crippen LogP contribution in [0.4, 0.5) is 0 Å². The molecule has 6 heteroatoms. The first kappa shape index (κ1) is 18.1. The first-order valence-corrected chi connectivity index (χ1v) is 10.3. The zero-order valence-electron chi connectivity index (χ0n) is 15.9. The van der Waals surface area contributed by atoms with E-state index in [1.165, 1.54) is 0 Å². The molecule has 0 saturated carbocycles. The Kier molecular flexibility index (Phi) is 5.18. The van der Waals surface area contributed by atoms with E-state index >= 15 is 0 Å². The molecule has 3 aromatic rings. The third-order valence-corrected chi connectivity index (χ3v) is 6.25. The number of thiophene rings is 1. The molecule has 27 heavy (non-hydrogen) atoms. The van der Waals surface area contributed by atoms with Crippen LogP contribution in [0.3, 0.4) is 0 Å². The summed E-state index contributed by atoms with van der Waals surface area (Å²) in [5.41, 5.74) is 1.91. The van der Waals surface area contributed by atoms with Gasteiger partial charge in [-0.05, 0) is 41.8 Å². The molecule has 4 rings (SSSR count). The summed E-state index contributed by atoms with van der Waals surface area (Å²) >= 11 is 1.68. The molecular formula is C21H25N3O2S. The molecule has 1 fully saturated rings. The second kappa shape index (κ2) is 7.74. The number of ether oxygens (including phenoxy) is 1. The molecule has 0 aliphatic carbocycles. The van der Waals surface area contributed by atoms with Crippen molar-refractivity contribution in [3.8, 4) is 5.75 Å². The van der Waals surface area contributed by atoms with E-state index < -0.39 is 0 Å². The summed E-state index contributed by atoms with van der Waals surface area (Å²) in [6, 6.07) is 12.2. The largest absolute Gasteiger partial charge is 0.497 e. The van der Waals surface area contributed by atoms with Gasteiger partial charge in [-0.1, -0.05) is 19.1 Å². The van der Waals surface area contributed by atoms with Gasteiger partial charge < -0.3 is 19.1 Å². The summed E-state index contributed by atoms with van der Waals surface area (Å²) < 4.78 is 7.51. The van der Waals surface area contributed by atoms with E-state index in [2.05, 4.69) is 33.9 Å². The minimum atomic E-state index is 0.136. The maximum absolute atomic E-state index is 13.3. The van der Waals surface area contributed by atoms with E-state index in [1.807, 2.05) is 29.2 Å². The second-order valence-electron chi connectivity index (χ2n) is 6.87. The molecule has 0 bridgehead atoms. The molecule has 0 atom stereocenters. The van der Waals surface area contributed by atoms with E-state index in [9.17, 15) is 4.79 Å². The van der Waals surface area contributed by atoms with Crippen LogP contribution in [0, 0.1) is 0 Å². The lowest BCUT2D eigenvalue weighted by Gasteiger charge is -2.34. The van der Waals surface area contributed by atoms with Gasteiger partial charge in [0.25, 0.3) is 5.91 Å². The molecule has 1 saturated heterocycles. The average Bonchev–Trinajstić information content (AvgIpc) is 3.30. The zero-order valence-corrected chi connectivity index (χ0v) is 16.7. The number of fused-ring (bicyclic) bond motifs is 1. The predicted molar refractivity (Wildman–Crippen MR) is 110 cm³/mol. The number of rotatable bonds is 5. The average molecular weight is 384 g/mol. The maximum atomic E-state index is 13.3. The van der Waals surface area contributed by atoms with E-state index in [0.717, 1.165) is 59.9 Å². The van der Waals surface area contributed by atoms with Crippen molar-refractivity contribution in [1.82, 2.24) is 14.4 Å². The summed E-state index contributed by atoms with van der Waals surface area (Å²) in [4.78, 5) is 18.8. The highest BCUT2D eigenvalue weighted by atomic mass is 32.1. The molecule has 0 unspecified atom stereocenters. The molecule has 5 nitrogen and oxygen atoms in total. The Labute approximate surface area is 163 Å². The van der Waals surface area contributed by atoms with E-state index in [1.54, 1.807) is 18.4 Å². The van der Waals surface area contributed by atoms with Gasteiger partial charge >= 0.3 is 0 Å². The molecule has 0 spiro atoms. The fourth-order valence-corrected chi connectivity index (χ4v) is 4.59. The van der Waals surface area contributed by atoms with Gasteiger partial charge in [-0.15, -0.1) is 11.3 Å². The number of likely N-dealkylation sites (N-methyl/N-ethyl adjacent to an activating group) is 1. The van der Waals surface area contributed by atoms with Crippen LogP contribution in [0.15, 0.2) is 41.8 Å². The predicted octanol–water partition coefficient (Wildman–Crippen LogP) is 3.54. The van der Waals surface area contributed by atoms with Crippen molar-refractivity contribution in [1.29, 1.82) is 0 Å². The summed E-state index contributed by atoms with van der Waals surface area (Å²) in [5.74, 6) is 0.975. The number of methoxy groups -OCH3 is 1. The van der Waals surface area contributed by atoms with Gasteiger partial charge in [-0.3, -0.25) is 4.79 Å². The third kappa shape index (κ3) is 3.59. The normalized spacial score (nSPS) is 15.4. The summed E-state index contributed by atoms with van der Waals surface area (Å²) in [6.07, 6.45) is 0. The van der Waals surface area contributed by atoms with Crippen LogP contribution in [0.5, 0.6) is 5.75 Å². The van der Waals surface area contributed by atoms with Gasteiger partial charge in [0.05, 0.1) is 7.11 Å². The van der Waals surface area contributed by atoms with E-state index in [4.69, 9.17) is 4.74 Å². The van der Waals surface area contributed by atoms with Gasteiger partial charge in [-0.25, -0.2) is 0 Å².